The van der Waals surface area contributed by atoms with Crippen LogP contribution in [-0.2, 0) is 21.4 Å². The summed E-state index contributed by atoms with van der Waals surface area (Å²) in [5.74, 6) is -0.00225. The van der Waals surface area contributed by atoms with Crippen LogP contribution in [0.25, 0.3) is 10.2 Å². The van der Waals surface area contributed by atoms with Gasteiger partial charge in [-0.2, -0.15) is 4.31 Å². The van der Waals surface area contributed by atoms with Crippen molar-refractivity contribution in [3.63, 3.8) is 0 Å². The van der Waals surface area contributed by atoms with Crippen LogP contribution in [0.4, 0.5) is 5.13 Å². The minimum Gasteiger partial charge on any atom is -0.467 e. The molecule has 1 aromatic carbocycles. The lowest BCUT2D eigenvalue weighted by molar-refractivity contribution is -0.123. The molecule has 0 bridgehead atoms. The predicted octanol–water partition coefficient (Wildman–Crippen LogP) is 5.86. The van der Waals surface area contributed by atoms with E-state index in [2.05, 4.69) is 6.07 Å². The number of amides is 1. The Balaban J connectivity index is 1.47. The highest BCUT2D eigenvalue weighted by molar-refractivity contribution is 7.91. The highest BCUT2D eigenvalue weighted by Gasteiger charge is 2.37. The number of hydrogen-bond acceptors (Lipinski definition) is 7. The number of rotatable bonds is 6. The lowest BCUT2D eigenvalue weighted by Gasteiger charge is -2.33. The first-order valence-corrected chi connectivity index (χ1v) is 14.6. The van der Waals surface area contributed by atoms with E-state index in [0.29, 0.717) is 34.6 Å². The van der Waals surface area contributed by atoms with Gasteiger partial charge in [0.15, 0.2) is 5.13 Å². The molecule has 0 aliphatic carbocycles. The first kappa shape index (κ1) is 24.5. The number of halogens is 1. The number of nitrogens with zero attached hydrogens (tertiary/aromatic N) is 3. The lowest BCUT2D eigenvalue weighted by Crippen LogP contribution is -2.46. The topological polar surface area (TPSA) is 83.7 Å². The summed E-state index contributed by atoms with van der Waals surface area (Å²) in [6.07, 6.45) is 2.78. The number of aryl methyl sites for hydroxylation is 2. The quantitative estimate of drug-likeness (QED) is 0.301. The molecule has 1 aliphatic rings. The third-order valence-corrected chi connectivity index (χ3v) is 11.0. The number of carbonyl (C=O) groups is 1. The van der Waals surface area contributed by atoms with Crippen molar-refractivity contribution in [1.82, 2.24) is 9.29 Å². The maximum Gasteiger partial charge on any atom is 0.252 e. The molecule has 35 heavy (non-hydrogen) atoms. The summed E-state index contributed by atoms with van der Waals surface area (Å²) >= 11 is 8.48. The molecule has 1 unspecified atom stereocenters. The molecular weight excluding hydrogens is 526 g/mol. The predicted molar refractivity (Wildman–Crippen MR) is 140 cm³/mol. The number of thiazole rings is 1. The average molecular weight is 550 g/mol. The SMILES string of the molecule is Cc1ccc(C)c2sc(N(Cc3ccco3)C(=O)C3CCCN(S(=O)(=O)c4ccc(Cl)s4)C3)nc12. The number of benzene rings is 1. The van der Waals surface area contributed by atoms with Crippen LogP contribution < -0.4 is 4.90 Å². The van der Waals surface area contributed by atoms with E-state index in [4.69, 9.17) is 21.0 Å². The van der Waals surface area contributed by atoms with E-state index < -0.39 is 15.9 Å². The van der Waals surface area contributed by atoms with E-state index in [1.165, 1.54) is 21.7 Å². The number of piperidine rings is 1. The second-order valence-electron chi connectivity index (χ2n) is 8.64. The summed E-state index contributed by atoms with van der Waals surface area (Å²) in [5.41, 5.74) is 3.02. The maximum absolute atomic E-state index is 13.9. The van der Waals surface area contributed by atoms with Gasteiger partial charge in [0.2, 0.25) is 5.91 Å². The van der Waals surface area contributed by atoms with Crippen LogP contribution in [-0.4, -0.2) is 36.7 Å². The number of furan rings is 1. The summed E-state index contributed by atoms with van der Waals surface area (Å²) in [6.45, 7) is 4.76. The maximum atomic E-state index is 13.9. The molecule has 4 heterocycles. The van der Waals surface area contributed by atoms with Gasteiger partial charge in [-0.3, -0.25) is 9.69 Å². The second-order valence-corrected chi connectivity index (χ2v) is 13.5. The molecule has 11 heteroatoms. The van der Waals surface area contributed by atoms with E-state index >= 15 is 0 Å². The molecule has 0 radical (unpaired) electrons. The molecule has 0 N–H and O–H groups in total. The minimum absolute atomic E-state index is 0.119. The van der Waals surface area contributed by atoms with Crippen LogP contribution in [0.2, 0.25) is 4.34 Å². The second kappa shape index (κ2) is 9.67. The van der Waals surface area contributed by atoms with Gasteiger partial charge in [0.25, 0.3) is 10.0 Å². The summed E-state index contributed by atoms with van der Waals surface area (Å²) in [6, 6.07) is 10.8. The van der Waals surface area contributed by atoms with Crippen LogP contribution in [0.3, 0.4) is 0 Å². The van der Waals surface area contributed by atoms with Crippen molar-refractivity contribution in [3.05, 3.63) is 63.9 Å². The van der Waals surface area contributed by atoms with Crippen LogP contribution in [0, 0.1) is 19.8 Å². The van der Waals surface area contributed by atoms with E-state index in [9.17, 15) is 13.2 Å². The molecule has 0 saturated carbocycles. The number of carbonyl (C=O) groups excluding carboxylic acids is 1. The molecule has 1 amide bonds. The van der Waals surface area contributed by atoms with Gasteiger partial charge in [0.05, 0.1) is 33.3 Å². The Morgan fingerprint density at radius 1 is 1.20 bits per heavy atom. The summed E-state index contributed by atoms with van der Waals surface area (Å²) in [7, 11) is -3.71. The van der Waals surface area contributed by atoms with Gasteiger partial charge in [-0.1, -0.05) is 35.1 Å². The summed E-state index contributed by atoms with van der Waals surface area (Å²) < 4.78 is 35.0. The van der Waals surface area contributed by atoms with Gasteiger partial charge >= 0.3 is 0 Å². The molecule has 0 spiro atoms. The fourth-order valence-electron chi connectivity index (χ4n) is 4.31. The number of fused-ring (bicyclic) bond motifs is 1. The third kappa shape index (κ3) is 4.77. The fraction of sp³-hybridized carbons (Fsp3) is 0.333. The van der Waals surface area contributed by atoms with Gasteiger partial charge in [-0.05, 0) is 62.1 Å². The van der Waals surface area contributed by atoms with Gasteiger partial charge in [-0.25, -0.2) is 13.4 Å². The number of sulfonamides is 1. The molecule has 4 aromatic rings. The van der Waals surface area contributed by atoms with Crippen molar-refractivity contribution in [2.75, 3.05) is 18.0 Å². The third-order valence-electron chi connectivity index (χ3n) is 6.20. The van der Waals surface area contributed by atoms with Crippen LogP contribution >= 0.6 is 34.3 Å². The van der Waals surface area contributed by atoms with Crippen LogP contribution in [0.15, 0.2) is 51.3 Å². The van der Waals surface area contributed by atoms with Crippen molar-refractivity contribution in [2.24, 2.45) is 5.92 Å². The first-order chi connectivity index (χ1) is 16.7. The van der Waals surface area contributed by atoms with Crippen molar-refractivity contribution >= 4 is 65.6 Å². The Labute approximate surface area is 217 Å². The highest BCUT2D eigenvalue weighted by Crippen LogP contribution is 2.36. The Morgan fingerprint density at radius 3 is 2.69 bits per heavy atom. The highest BCUT2D eigenvalue weighted by atomic mass is 35.5. The Morgan fingerprint density at radius 2 is 2.00 bits per heavy atom. The molecule has 7 nitrogen and oxygen atoms in total. The molecule has 3 aromatic heterocycles. The molecule has 1 atom stereocenters. The zero-order chi connectivity index (χ0) is 24.7. The zero-order valence-corrected chi connectivity index (χ0v) is 22.4. The molecule has 5 rings (SSSR count). The van der Waals surface area contributed by atoms with E-state index in [0.717, 1.165) is 32.7 Å². The van der Waals surface area contributed by atoms with Crippen molar-refractivity contribution in [3.8, 4) is 0 Å². The monoisotopic (exact) mass is 549 g/mol. The largest absolute Gasteiger partial charge is 0.467 e. The van der Waals surface area contributed by atoms with Gasteiger partial charge in [0, 0.05) is 13.1 Å². The van der Waals surface area contributed by atoms with Crippen LogP contribution in [0.5, 0.6) is 0 Å². The number of thiophene rings is 1. The lowest BCUT2D eigenvalue weighted by atomic mass is 9.98. The molecule has 1 fully saturated rings. The molecule has 1 saturated heterocycles. The average Bonchev–Trinajstić information content (AvgIpc) is 3.61. The Hall–Kier alpha value is -2.24. The smallest absolute Gasteiger partial charge is 0.252 e. The summed E-state index contributed by atoms with van der Waals surface area (Å²) in [5, 5.41) is 0.587. The fourth-order valence-corrected chi connectivity index (χ4v) is 8.59. The Bertz CT molecular complexity index is 1440. The molecule has 1 aliphatic heterocycles. The van der Waals surface area contributed by atoms with Gasteiger partial charge in [0.1, 0.15) is 9.97 Å². The number of anilines is 1. The van der Waals surface area contributed by atoms with E-state index in [1.54, 1.807) is 23.3 Å². The van der Waals surface area contributed by atoms with Gasteiger partial charge < -0.3 is 4.42 Å². The Kier molecular flexibility index (Phi) is 6.75. The molecule has 184 valence electrons. The summed E-state index contributed by atoms with van der Waals surface area (Å²) in [4.78, 5) is 20.4. The number of aromatic nitrogens is 1. The van der Waals surface area contributed by atoms with Gasteiger partial charge in [-0.15, -0.1) is 11.3 Å². The van der Waals surface area contributed by atoms with Crippen LogP contribution in [0.1, 0.15) is 29.7 Å². The zero-order valence-electron chi connectivity index (χ0n) is 19.2. The van der Waals surface area contributed by atoms with Crippen molar-refractivity contribution in [2.45, 2.75) is 37.4 Å². The van der Waals surface area contributed by atoms with Crippen molar-refractivity contribution in [1.29, 1.82) is 0 Å². The van der Waals surface area contributed by atoms with E-state index in [1.807, 2.05) is 26.0 Å². The van der Waals surface area contributed by atoms with E-state index in [-0.39, 0.29) is 23.2 Å². The number of hydrogen-bond donors (Lipinski definition) is 0. The normalized spacial score (nSPS) is 17.2. The molecular formula is C24H24ClN3O4S3. The standard InChI is InChI=1S/C24H24ClN3O4S3/c1-15-7-8-16(2)22-21(15)26-24(34-22)28(14-18-6-4-12-32-18)23(29)17-5-3-11-27(13-17)35(30,31)20-10-9-19(25)33-20/h4,6-10,12,17H,3,5,11,13-14H2,1-2H3. The van der Waals surface area contributed by atoms with Crippen molar-refractivity contribution < 1.29 is 17.6 Å². The first-order valence-electron chi connectivity index (χ1n) is 11.2. The minimum atomic E-state index is -3.71.